The van der Waals surface area contributed by atoms with Crippen LogP contribution < -0.4 is 10.0 Å². The van der Waals surface area contributed by atoms with Crippen molar-refractivity contribution in [3.8, 4) is 0 Å². The summed E-state index contributed by atoms with van der Waals surface area (Å²) in [6.45, 7) is 1.97. The third kappa shape index (κ3) is 5.88. The number of esters is 1. The molecule has 0 spiro atoms. The molecule has 9 nitrogen and oxygen atoms in total. The van der Waals surface area contributed by atoms with Crippen LogP contribution in [0, 0.1) is 0 Å². The summed E-state index contributed by atoms with van der Waals surface area (Å²) in [7, 11) is -4.11. The maximum absolute atomic E-state index is 13.3. The van der Waals surface area contributed by atoms with Gasteiger partial charge in [0.2, 0.25) is 15.9 Å². The van der Waals surface area contributed by atoms with Gasteiger partial charge < -0.3 is 10.1 Å². The van der Waals surface area contributed by atoms with Crippen molar-refractivity contribution in [1.29, 1.82) is 0 Å². The molecule has 0 radical (unpaired) electrons. The minimum atomic E-state index is -4.11. The van der Waals surface area contributed by atoms with Gasteiger partial charge in [0.1, 0.15) is 22.0 Å². The van der Waals surface area contributed by atoms with E-state index in [-0.39, 0.29) is 23.4 Å². The second-order valence-electron chi connectivity index (χ2n) is 7.54. The number of benzene rings is 3. The third-order valence-corrected chi connectivity index (χ3v) is 7.14. The molecule has 0 aliphatic heterocycles. The van der Waals surface area contributed by atoms with E-state index in [1.165, 1.54) is 18.2 Å². The number of sulfonamides is 1. The smallest absolute Gasteiger partial charge is 0.338 e. The van der Waals surface area contributed by atoms with E-state index in [9.17, 15) is 18.0 Å². The first-order chi connectivity index (χ1) is 16.9. The third-order valence-electron chi connectivity index (χ3n) is 5.10. The zero-order chi connectivity index (χ0) is 24.8. The maximum Gasteiger partial charge on any atom is 0.338 e. The summed E-state index contributed by atoms with van der Waals surface area (Å²) in [5.74, 6) is -1.02. The zero-order valence-electron chi connectivity index (χ0n) is 18.7. The van der Waals surface area contributed by atoms with Crippen molar-refractivity contribution >= 4 is 50.3 Å². The Hall–Kier alpha value is -3.67. The van der Waals surface area contributed by atoms with Gasteiger partial charge in [-0.05, 0) is 55.3 Å². The Labute approximate surface area is 206 Å². The molecule has 0 aliphatic rings. The summed E-state index contributed by atoms with van der Waals surface area (Å²) in [6.07, 6.45) is 0.123. The topological polar surface area (TPSA) is 127 Å². The molecule has 0 unspecified atom stereocenters. The van der Waals surface area contributed by atoms with Gasteiger partial charge >= 0.3 is 5.97 Å². The molecule has 3 aromatic carbocycles. The van der Waals surface area contributed by atoms with Crippen LogP contribution >= 0.6 is 11.7 Å². The second kappa shape index (κ2) is 10.7. The molecular formula is C24H22N4O5S2. The van der Waals surface area contributed by atoms with E-state index < -0.39 is 27.9 Å². The van der Waals surface area contributed by atoms with Crippen LogP contribution in [0.4, 0.5) is 5.69 Å². The number of ether oxygens (including phenoxy) is 1. The number of hydrogen-bond acceptors (Lipinski definition) is 8. The first-order valence-electron chi connectivity index (χ1n) is 10.7. The van der Waals surface area contributed by atoms with Crippen LogP contribution in [0.5, 0.6) is 0 Å². The standard InChI is InChI=1S/C24H22N4O5S2/c1-2-33-24(30)17-11-13-18(14-12-17)25-23(29)20(15-16-7-4-3-5-8-16)28-35(31,32)21-10-6-9-19-22(21)27-34-26-19/h3-14,20,28H,2,15H2,1H3,(H,25,29)/t20-/m0/s1. The Kier molecular flexibility index (Phi) is 7.49. The molecule has 1 aromatic heterocycles. The fourth-order valence-corrected chi connectivity index (χ4v) is 5.38. The van der Waals surface area contributed by atoms with E-state index in [1.807, 2.05) is 30.3 Å². The van der Waals surface area contributed by atoms with Crippen molar-refractivity contribution in [2.75, 3.05) is 11.9 Å². The van der Waals surface area contributed by atoms with Crippen LogP contribution in [-0.2, 0) is 26.0 Å². The number of carbonyl (C=O) groups is 2. The molecule has 1 atom stereocenters. The fourth-order valence-electron chi connectivity index (χ4n) is 3.42. The van der Waals surface area contributed by atoms with Gasteiger partial charge in [0, 0.05) is 5.69 Å². The van der Waals surface area contributed by atoms with Crippen molar-refractivity contribution < 1.29 is 22.7 Å². The van der Waals surface area contributed by atoms with E-state index in [2.05, 4.69) is 18.8 Å². The van der Waals surface area contributed by atoms with E-state index in [0.29, 0.717) is 16.8 Å². The van der Waals surface area contributed by atoms with Crippen LogP contribution in [0.2, 0.25) is 0 Å². The van der Waals surface area contributed by atoms with Crippen molar-refractivity contribution in [1.82, 2.24) is 13.5 Å². The van der Waals surface area contributed by atoms with Crippen molar-refractivity contribution in [3.05, 3.63) is 83.9 Å². The Morgan fingerprint density at radius 3 is 2.43 bits per heavy atom. The summed E-state index contributed by atoms with van der Waals surface area (Å²) in [5.41, 5.74) is 2.24. The van der Waals surface area contributed by atoms with Crippen LogP contribution in [0.15, 0.2) is 77.7 Å². The molecule has 0 saturated carbocycles. The van der Waals surface area contributed by atoms with Gasteiger partial charge in [0.05, 0.1) is 23.9 Å². The lowest BCUT2D eigenvalue weighted by Crippen LogP contribution is -2.45. The maximum atomic E-state index is 13.3. The number of nitrogens with one attached hydrogen (secondary N) is 2. The number of nitrogens with zero attached hydrogens (tertiary/aromatic N) is 2. The fraction of sp³-hybridized carbons (Fsp3) is 0.167. The Bertz CT molecular complexity index is 1440. The SMILES string of the molecule is CCOC(=O)c1ccc(NC(=O)[C@H](Cc2ccccc2)NS(=O)(=O)c2cccc3nsnc23)cc1. The largest absolute Gasteiger partial charge is 0.462 e. The molecule has 0 fully saturated rings. The van der Waals surface area contributed by atoms with Gasteiger partial charge in [-0.25, -0.2) is 13.2 Å². The first-order valence-corrected chi connectivity index (χ1v) is 12.9. The lowest BCUT2D eigenvalue weighted by Gasteiger charge is -2.19. The number of aromatic nitrogens is 2. The molecule has 4 aromatic rings. The highest BCUT2D eigenvalue weighted by Crippen LogP contribution is 2.22. The normalized spacial score (nSPS) is 12.3. The lowest BCUT2D eigenvalue weighted by atomic mass is 10.1. The van der Waals surface area contributed by atoms with Gasteiger partial charge in [0.15, 0.2) is 0 Å². The van der Waals surface area contributed by atoms with Crippen LogP contribution in [-0.4, -0.2) is 41.7 Å². The summed E-state index contributed by atoms with van der Waals surface area (Å²) in [5, 5.41) is 2.72. The van der Waals surface area contributed by atoms with Gasteiger partial charge in [-0.2, -0.15) is 13.5 Å². The van der Waals surface area contributed by atoms with Crippen LogP contribution in [0.1, 0.15) is 22.8 Å². The van der Waals surface area contributed by atoms with E-state index in [4.69, 9.17) is 4.74 Å². The molecule has 1 amide bonds. The number of fused-ring (bicyclic) bond motifs is 1. The average molecular weight is 511 g/mol. The van der Waals surface area contributed by atoms with Crippen molar-refractivity contribution in [2.45, 2.75) is 24.3 Å². The number of hydrogen-bond donors (Lipinski definition) is 2. The molecule has 0 aliphatic carbocycles. The summed E-state index contributed by atoms with van der Waals surface area (Å²) >= 11 is 0.914. The van der Waals surface area contributed by atoms with Gasteiger partial charge in [0.25, 0.3) is 0 Å². The number of amides is 1. The van der Waals surface area contributed by atoms with Crippen LogP contribution in [0.25, 0.3) is 11.0 Å². The Morgan fingerprint density at radius 2 is 1.71 bits per heavy atom. The summed E-state index contributed by atoms with van der Waals surface area (Å²) in [4.78, 5) is 25.0. The highest BCUT2D eigenvalue weighted by Gasteiger charge is 2.28. The second-order valence-corrected chi connectivity index (χ2v) is 9.75. The predicted octanol–water partition coefficient (Wildman–Crippen LogP) is 3.40. The molecular weight excluding hydrogens is 488 g/mol. The monoisotopic (exact) mass is 510 g/mol. The average Bonchev–Trinajstić information content (AvgIpc) is 3.34. The highest BCUT2D eigenvalue weighted by molar-refractivity contribution is 7.89. The lowest BCUT2D eigenvalue weighted by molar-refractivity contribution is -0.117. The molecule has 4 rings (SSSR count). The van der Waals surface area contributed by atoms with Gasteiger partial charge in [-0.1, -0.05) is 36.4 Å². The molecule has 180 valence electrons. The van der Waals surface area contributed by atoms with Gasteiger partial charge in [-0.15, -0.1) is 0 Å². The minimum absolute atomic E-state index is 0.0478. The molecule has 0 bridgehead atoms. The Balaban J connectivity index is 1.58. The summed E-state index contributed by atoms with van der Waals surface area (Å²) < 4.78 is 42.2. The molecule has 0 saturated heterocycles. The molecule has 11 heteroatoms. The van der Waals surface area contributed by atoms with Gasteiger partial charge in [-0.3, -0.25) is 4.79 Å². The van der Waals surface area contributed by atoms with E-state index in [1.54, 1.807) is 31.2 Å². The minimum Gasteiger partial charge on any atom is -0.462 e. The number of rotatable bonds is 9. The molecule has 2 N–H and O–H groups in total. The number of carbonyl (C=O) groups excluding carboxylic acids is 2. The highest BCUT2D eigenvalue weighted by atomic mass is 32.2. The van der Waals surface area contributed by atoms with E-state index >= 15 is 0 Å². The quantitative estimate of drug-likeness (QED) is 0.330. The molecule has 35 heavy (non-hydrogen) atoms. The van der Waals surface area contributed by atoms with Crippen molar-refractivity contribution in [2.24, 2.45) is 0 Å². The number of anilines is 1. The molecule has 1 heterocycles. The predicted molar refractivity (Wildman–Crippen MR) is 133 cm³/mol. The Morgan fingerprint density at radius 1 is 0.971 bits per heavy atom. The van der Waals surface area contributed by atoms with Crippen molar-refractivity contribution in [3.63, 3.8) is 0 Å². The van der Waals surface area contributed by atoms with Crippen LogP contribution in [0.3, 0.4) is 0 Å². The summed E-state index contributed by atoms with van der Waals surface area (Å²) in [6, 6.07) is 18.8. The first kappa shape index (κ1) is 24.5. The van der Waals surface area contributed by atoms with E-state index in [0.717, 1.165) is 17.3 Å². The zero-order valence-corrected chi connectivity index (χ0v) is 20.3.